The zero-order chi connectivity index (χ0) is 15.8. The van der Waals surface area contributed by atoms with Crippen molar-refractivity contribution >= 4 is 23.2 Å². The molecule has 1 N–H and O–H groups in total. The van der Waals surface area contributed by atoms with Crippen LogP contribution in [0.3, 0.4) is 0 Å². The van der Waals surface area contributed by atoms with Crippen LogP contribution in [0.2, 0.25) is 5.15 Å². The summed E-state index contributed by atoms with van der Waals surface area (Å²) in [6.07, 6.45) is 2.50. The van der Waals surface area contributed by atoms with Crippen LogP contribution in [0.5, 0.6) is 0 Å². The molecule has 0 fully saturated rings. The Labute approximate surface area is 139 Å². The normalized spacial score (nSPS) is 11.7. The molecule has 0 radical (unpaired) electrons. The Morgan fingerprint density at radius 2 is 1.83 bits per heavy atom. The van der Waals surface area contributed by atoms with Crippen LogP contribution in [0.25, 0.3) is 11.1 Å². The molecule has 0 spiro atoms. The second-order valence-corrected chi connectivity index (χ2v) is 5.86. The summed E-state index contributed by atoms with van der Waals surface area (Å²) in [5.41, 5.74) is 6.14. The number of anilines is 1. The van der Waals surface area contributed by atoms with Crippen molar-refractivity contribution in [1.82, 2.24) is 4.98 Å². The Balaban J connectivity index is 1.66. The third-order valence-corrected chi connectivity index (χ3v) is 4.36. The number of benzene rings is 2. The highest BCUT2D eigenvalue weighted by Gasteiger charge is 2.19. The maximum absolute atomic E-state index is 12.3. The largest absolute Gasteiger partial charge is 0.322 e. The van der Waals surface area contributed by atoms with E-state index in [4.69, 9.17) is 11.6 Å². The van der Waals surface area contributed by atoms with Gasteiger partial charge in [0.1, 0.15) is 5.15 Å². The fourth-order valence-electron chi connectivity index (χ4n) is 2.96. The van der Waals surface area contributed by atoms with Gasteiger partial charge in [0.2, 0.25) is 0 Å². The summed E-state index contributed by atoms with van der Waals surface area (Å²) in [5.74, 6) is -0.255. The van der Waals surface area contributed by atoms with Crippen LogP contribution in [0.1, 0.15) is 21.5 Å². The van der Waals surface area contributed by atoms with Gasteiger partial charge in [0.05, 0.1) is 5.56 Å². The predicted molar refractivity (Wildman–Crippen MR) is 91.9 cm³/mol. The number of aromatic nitrogens is 1. The summed E-state index contributed by atoms with van der Waals surface area (Å²) in [4.78, 5) is 16.3. The Hall–Kier alpha value is -2.65. The Morgan fingerprint density at radius 3 is 2.70 bits per heavy atom. The molecule has 0 bridgehead atoms. The molecule has 112 valence electrons. The summed E-state index contributed by atoms with van der Waals surface area (Å²) in [7, 11) is 0. The number of pyridine rings is 1. The molecule has 0 aliphatic heterocycles. The molecule has 4 rings (SSSR count). The zero-order valence-electron chi connectivity index (χ0n) is 12.2. The van der Waals surface area contributed by atoms with E-state index in [2.05, 4.69) is 34.6 Å². The molecule has 2 aromatic carbocycles. The van der Waals surface area contributed by atoms with Gasteiger partial charge in [-0.25, -0.2) is 4.98 Å². The van der Waals surface area contributed by atoms with Crippen LogP contribution < -0.4 is 5.32 Å². The standard InChI is InChI=1S/C19H13ClN2O/c20-18-16(6-3-9-21-18)19(23)22-14-8-7-13-10-12-4-1-2-5-15(12)17(13)11-14/h1-9,11H,10H2,(H,22,23). The number of hydrogen-bond donors (Lipinski definition) is 1. The van der Waals surface area contributed by atoms with Crippen molar-refractivity contribution < 1.29 is 4.79 Å². The molecule has 1 aromatic heterocycles. The highest BCUT2D eigenvalue weighted by Crippen LogP contribution is 2.37. The number of carbonyl (C=O) groups excluding carboxylic acids is 1. The lowest BCUT2D eigenvalue weighted by atomic mass is 10.1. The predicted octanol–water partition coefficient (Wildman–Crippen LogP) is 4.56. The first kappa shape index (κ1) is 14.0. The Morgan fingerprint density at radius 1 is 1.00 bits per heavy atom. The fraction of sp³-hybridized carbons (Fsp3) is 0.0526. The summed E-state index contributed by atoms with van der Waals surface area (Å²) < 4.78 is 0. The fourth-order valence-corrected chi connectivity index (χ4v) is 3.16. The summed E-state index contributed by atoms with van der Waals surface area (Å²) in [6.45, 7) is 0. The van der Waals surface area contributed by atoms with Crippen molar-refractivity contribution in [3.63, 3.8) is 0 Å². The van der Waals surface area contributed by atoms with E-state index in [0.29, 0.717) is 5.56 Å². The molecule has 3 aromatic rings. The second kappa shape index (κ2) is 5.52. The average molecular weight is 321 g/mol. The van der Waals surface area contributed by atoms with Crippen LogP contribution in [0.15, 0.2) is 60.8 Å². The number of halogens is 1. The topological polar surface area (TPSA) is 42.0 Å². The third-order valence-electron chi connectivity index (χ3n) is 4.06. The maximum Gasteiger partial charge on any atom is 0.258 e. The number of rotatable bonds is 2. The molecule has 4 heteroatoms. The lowest BCUT2D eigenvalue weighted by molar-refractivity contribution is 0.102. The minimum atomic E-state index is -0.255. The molecular formula is C19H13ClN2O. The van der Waals surface area contributed by atoms with E-state index in [0.717, 1.165) is 12.1 Å². The first-order valence-electron chi connectivity index (χ1n) is 7.35. The average Bonchev–Trinajstić information content (AvgIpc) is 2.93. The molecule has 1 aliphatic rings. The minimum absolute atomic E-state index is 0.205. The van der Waals surface area contributed by atoms with Gasteiger partial charge < -0.3 is 5.32 Å². The van der Waals surface area contributed by atoms with Gasteiger partial charge in [-0.3, -0.25) is 4.79 Å². The van der Waals surface area contributed by atoms with E-state index in [9.17, 15) is 4.79 Å². The van der Waals surface area contributed by atoms with Gasteiger partial charge in [0.25, 0.3) is 5.91 Å². The quantitative estimate of drug-likeness (QED) is 0.550. The molecule has 0 atom stereocenters. The van der Waals surface area contributed by atoms with Crippen LogP contribution in [0.4, 0.5) is 5.69 Å². The van der Waals surface area contributed by atoms with Crippen LogP contribution >= 0.6 is 11.6 Å². The highest BCUT2D eigenvalue weighted by molar-refractivity contribution is 6.33. The van der Waals surface area contributed by atoms with Gasteiger partial charge in [-0.1, -0.05) is 41.9 Å². The molecule has 23 heavy (non-hydrogen) atoms. The second-order valence-electron chi connectivity index (χ2n) is 5.50. The van der Waals surface area contributed by atoms with Gasteiger partial charge >= 0.3 is 0 Å². The van der Waals surface area contributed by atoms with Crippen LogP contribution in [-0.2, 0) is 6.42 Å². The minimum Gasteiger partial charge on any atom is -0.322 e. The number of amides is 1. The van der Waals surface area contributed by atoms with Crippen molar-refractivity contribution in [2.45, 2.75) is 6.42 Å². The van der Waals surface area contributed by atoms with Crippen molar-refractivity contribution in [3.8, 4) is 11.1 Å². The van der Waals surface area contributed by atoms with Gasteiger partial charge in [-0.05, 0) is 52.9 Å². The SMILES string of the molecule is O=C(Nc1ccc2c(c1)-c1ccccc1C2)c1cccnc1Cl. The zero-order valence-corrected chi connectivity index (χ0v) is 13.0. The number of fused-ring (bicyclic) bond motifs is 3. The van der Waals surface area contributed by atoms with E-state index in [1.165, 1.54) is 22.3 Å². The number of hydrogen-bond acceptors (Lipinski definition) is 2. The lowest BCUT2D eigenvalue weighted by Gasteiger charge is -2.08. The molecule has 0 saturated heterocycles. The smallest absolute Gasteiger partial charge is 0.258 e. The molecule has 0 saturated carbocycles. The van der Waals surface area contributed by atoms with E-state index in [1.807, 2.05) is 18.2 Å². The highest BCUT2D eigenvalue weighted by atomic mass is 35.5. The van der Waals surface area contributed by atoms with E-state index >= 15 is 0 Å². The number of nitrogens with zero attached hydrogens (tertiary/aromatic N) is 1. The van der Waals surface area contributed by atoms with Gasteiger partial charge in [0.15, 0.2) is 0 Å². The van der Waals surface area contributed by atoms with Gasteiger partial charge in [-0.2, -0.15) is 0 Å². The van der Waals surface area contributed by atoms with Gasteiger partial charge in [0, 0.05) is 11.9 Å². The maximum atomic E-state index is 12.3. The summed E-state index contributed by atoms with van der Waals surface area (Å²) >= 11 is 5.97. The summed E-state index contributed by atoms with van der Waals surface area (Å²) in [6, 6.07) is 17.7. The first-order valence-corrected chi connectivity index (χ1v) is 7.73. The van der Waals surface area contributed by atoms with E-state index in [-0.39, 0.29) is 11.1 Å². The molecule has 1 heterocycles. The lowest BCUT2D eigenvalue weighted by Crippen LogP contribution is -2.12. The van der Waals surface area contributed by atoms with Crippen molar-refractivity contribution in [2.24, 2.45) is 0 Å². The van der Waals surface area contributed by atoms with E-state index < -0.39 is 0 Å². The van der Waals surface area contributed by atoms with Crippen LogP contribution in [-0.4, -0.2) is 10.9 Å². The molecule has 0 unspecified atom stereocenters. The monoisotopic (exact) mass is 320 g/mol. The number of nitrogens with one attached hydrogen (secondary N) is 1. The summed E-state index contributed by atoms with van der Waals surface area (Å²) in [5, 5.41) is 3.10. The van der Waals surface area contributed by atoms with Crippen molar-refractivity contribution in [3.05, 3.63) is 82.6 Å². The first-order chi connectivity index (χ1) is 11.2. The molecule has 1 aliphatic carbocycles. The molecule has 1 amide bonds. The Bertz CT molecular complexity index is 921. The van der Waals surface area contributed by atoms with Crippen LogP contribution in [0, 0.1) is 0 Å². The Kier molecular flexibility index (Phi) is 3.36. The van der Waals surface area contributed by atoms with Crippen molar-refractivity contribution in [1.29, 1.82) is 0 Å². The van der Waals surface area contributed by atoms with Gasteiger partial charge in [-0.15, -0.1) is 0 Å². The molecular weight excluding hydrogens is 308 g/mol. The number of carbonyl (C=O) groups is 1. The molecule has 3 nitrogen and oxygen atoms in total. The van der Waals surface area contributed by atoms with E-state index in [1.54, 1.807) is 18.3 Å². The van der Waals surface area contributed by atoms with Crippen molar-refractivity contribution in [2.75, 3.05) is 5.32 Å². The third kappa shape index (κ3) is 2.49.